The molecule has 0 spiro atoms. The second kappa shape index (κ2) is 8.61. The number of carbonyl (C=O) groups is 3. The zero-order valence-electron chi connectivity index (χ0n) is 16.9. The van der Waals surface area contributed by atoms with Crippen LogP contribution in [0, 0.1) is 31.4 Å². The summed E-state index contributed by atoms with van der Waals surface area (Å²) >= 11 is 0. The molecule has 1 aliphatic rings. The van der Waals surface area contributed by atoms with Gasteiger partial charge in [0.25, 0.3) is 5.91 Å². The van der Waals surface area contributed by atoms with Gasteiger partial charge >= 0.3 is 5.97 Å². The molecule has 1 heterocycles. The Morgan fingerprint density at radius 2 is 1.93 bits per heavy atom. The number of aryl methyl sites for hydroxylation is 1. The summed E-state index contributed by atoms with van der Waals surface area (Å²) in [6, 6.07) is 8.24. The molecule has 2 aromatic carbocycles. The molecule has 0 bridgehead atoms. The van der Waals surface area contributed by atoms with Crippen molar-refractivity contribution in [2.75, 3.05) is 16.8 Å². The van der Waals surface area contributed by atoms with E-state index in [2.05, 4.69) is 5.32 Å². The summed E-state index contributed by atoms with van der Waals surface area (Å²) in [7, 11) is 0. The number of ether oxygens (including phenoxy) is 1. The van der Waals surface area contributed by atoms with Gasteiger partial charge in [0.1, 0.15) is 11.6 Å². The van der Waals surface area contributed by atoms with Gasteiger partial charge < -0.3 is 15.0 Å². The van der Waals surface area contributed by atoms with Gasteiger partial charge in [-0.1, -0.05) is 12.1 Å². The molecule has 0 aliphatic carbocycles. The molecule has 0 saturated carbocycles. The van der Waals surface area contributed by atoms with Gasteiger partial charge in [0.2, 0.25) is 5.91 Å². The summed E-state index contributed by atoms with van der Waals surface area (Å²) in [5.41, 5.74) is 2.37. The van der Waals surface area contributed by atoms with Gasteiger partial charge in [0.05, 0.1) is 11.6 Å². The monoisotopic (exact) mass is 416 g/mol. The van der Waals surface area contributed by atoms with Crippen molar-refractivity contribution in [2.24, 2.45) is 5.92 Å². The number of nitrogens with one attached hydrogen (secondary N) is 1. The Hall–Kier alpha value is -3.29. The molecule has 0 aromatic heterocycles. The lowest BCUT2D eigenvalue weighted by atomic mass is 10.1. The molecule has 1 aliphatic heterocycles. The number of anilines is 2. The number of hydrogen-bond acceptors (Lipinski definition) is 4. The van der Waals surface area contributed by atoms with Crippen molar-refractivity contribution in [1.29, 1.82) is 0 Å². The van der Waals surface area contributed by atoms with E-state index in [1.807, 2.05) is 32.0 Å². The topological polar surface area (TPSA) is 75.7 Å². The SMILES string of the molecule is Cc1cccc(N2C[C@@H](C(=O)O[C@H](C)C(=O)Nc3cc(F)ccc3F)CC2=O)c1C. The van der Waals surface area contributed by atoms with Crippen LogP contribution in [0.2, 0.25) is 0 Å². The highest BCUT2D eigenvalue weighted by atomic mass is 19.1. The first-order valence-corrected chi connectivity index (χ1v) is 9.50. The number of rotatable bonds is 5. The van der Waals surface area contributed by atoms with Gasteiger partial charge in [-0.05, 0) is 50.1 Å². The minimum absolute atomic E-state index is 0.0287. The molecule has 2 aromatic rings. The number of halogens is 2. The number of carbonyl (C=O) groups excluding carboxylic acids is 3. The van der Waals surface area contributed by atoms with Crippen LogP contribution >= 0.6 is 0 Å². The molecule has 8 heteroatoms. The molecule has 158 valence electrons. The molecule has 1 saturated heterocycles. The molecule has 3 rings (SSSR count). The maximum atomic E-state index is 13.7. The van der Waals surface area contributed by atoms with Crippen molar-refractivity contribution in [2.45, 2.75) is 33.3 Å². The van der Waals surface area contributed by atoms with Crippen LogP contribution in [0.3, 0.4) is 0 Å². The Kier molecular flexibility index (Phi) is 6.14. The first kappa shape index (κ1) is 21.4. The molecule has 6 nitrogen and oxygen atoms in total. The average Bonchev–Trinajstić information content (AvgIpc) is 3.08. The number of amides is 2. The van der Waals surface area contributed by atoms with Crippen LogP contribution in [-0.4, -0.2) is 30.4 Å². The fourth-order valence-corrected chi connectivity index (χ4v) is 3.28. The van der Waals surface area contributed by atoms with E-state index in [9.17, 15) is 23.2 Å². The first-order chi connectivity index (χ1) is 14.2. The summed E-state index contributed by atoms with van der Waals surface area (Å²) in [6.45, 7) is 5.31. The third-order valence-corrected chi connectivity index (χ3v) is 5.17. The maximum absolute atomic E-state index is 13.7. The van der Waals surface area contributed by atoms with Crippen LogP contribution in [0.15, 0.2) is 36.4 Å². The van der Waals surface area contributed by atoms with E-state index in [0.29, 0.717) is 0 Å². The van der Waals surface area contributed by atoms with Crippen LogP contribution in [-0.2, 0) is 19.1 Å². The summed E-state index contributed by atoms with van der Waals surface area (Å²) in [4.78, 5) is 38.7. The second-order valence-corrected chi connectivity index (χ2v) is 7.32. The quantitative estimate of drug-likeness (QED) is 0.757. The third-order valence-electron chi connectivity index (χ3n) is 5.17. The van der Waals surface area contributed by atoms with Crippen molar-refractivity contribution in [3.05, 3.63) is 59.2 Å². The Labute approximate surface area is 172 Å². The number of hydrogen-bond donors (Lipinski definition) is 1. The van der Waals surface area contributed by atoms with E-state index >= 15 is 0 Å². The Balaban J connectivity index is 1.63. The van der Waals surface area contributed by atoms with E-state index in [4.69, 9.17) is 4.74 Å². The molecule has 1 fully saturated rings. The number of benzene rings is 2. The van der Waals surface area contributed by atoms with Gasteiger partial charge in [-0.15, -0.1) is 0 Å². The van der Waals surface area contributed by atoms with E-state index in [0.717, 1.165) is 35.0 Å². The second-order valence-electron chi connectivity index (χ2n) is 7.32. The van der Waals surface area contributed by atoms with E-state index in [1.165, 1.54) is 6.92 Å². The summed E-state index contributed by atoms with van der Waals surface area (Å²) in [5, 5.41) is 2.20. The van der Waals surface area contributed by atoms with Crippen LogP contribution in [0.4, 0.5) is 20.2 Å². The lowest BCUT2D eigenvalue weighted by Gasteiger charge is -2.20. The van der Waals surface area contributed by atoms with Crippen molar-refractivity contribution in [3.8, 4) is 0 Å². The van der Waals surface area contributed by atoms with Crippen LogP contribution in [0.1, 0.15) is 24.5 Å². The molecule has 0 unspecified atom stereocenters. The van der Waals surface area contributed by atoms with E-state index < -0.39 is 35.5 Å². The van der Waals surface area contributed by atoms with Crippen LogP contribution < -0.4 is 10.2 Å². The van der Waals surface area contributed by atoms with Crippen LogP contribution in [0.5, 0.6) is 0 Å². The zero-order chi connectivity index (χ0) is 22.0. The number of nitrogens with zero attached hydrogens (tertiary/aromatic N) is 1. The summed E-state index contributed by atoms with van der Waals surface area (Å²) in [6.07, 6.45) is -1.27. The largest absolute Gasteiger partial charge is 0.452 e. The highest BCUT2D eigenvalue weighted by Gasteiger charge is 2.38. The molecule has 0 radical (unpaired) electrons. The minimum Gasteiger partial charge on any atom is -0.452 e. The van der Waals surface area contributed by atoms with Crippen molar-refractivity contribution < 1.29 is 27.9 Å². The highest BCUT2D eigenvalue weighted by molar-refractivity contribution is 6.01. The maximum Gasteiger partial charge on any atom is 0.312 e. The highest BCUT2D eigenvalue weighted by Crippen LogP contribution is 2.30. The lowest BCUT2D eigenvalue weighted by molar-refractivity contribution is -0.157. The lowest BCUT2D eigenvalue weighted by Crippen LogP contribution is -2.33. The third kappa shape index (κ3) is 4.48. The average molecular weight is 416 g/mol. The smallest absolute Gasteiger partial charge is 0.312 e. The van der Waals surface area contributed by atoms with E-state index in [-0.39, 0.29) is 24.6 Å². The molecule has 2 amide bonds. The summed E-state index contributed by atoms with van der Waals surface area (Å²) in [5.74, 6) is -3.95. The minimum atomic E-state index is -1.25. The van der Waals surface area contributed by atoms with Crippen LogP contribution in [0.25, 0.3) is 0 Å². The predicted octanol–water partition coefficient (Wildman–Crippen LogP) is 3.50. The van der Waals surface area contributed by atoms with Crippen molar-refractivity contribution in [1.82, 2.24) is 0 Å². The van der Waals surface area contributed by atoms with Gasteiger partial charge in [-0.3, -0.25) is 14.4 Å². The molecule has 2 atom stereocenters. The Morgan fingerprint density at radius 1 is 1.20 bits per heavy atom. The predicted molar refractivity (Wildman–Crippen MR) is 107 cm³/mol. The molecular formula is C22H22F2N2O4. The molecular weight excluding hydrogens is 394 g/mol. The molecule has 1 N–H and O–H groups in total. The van der Waals surface area contributed by atoms with Gasteiger partial charge in [-0.25, -0.2) is 8.78 Å². The first-order valence-electron chi connectivity index (χ1n) is 9.50. The fourth-order valence-electron chi connectivity index (χ4n) is 3.28. The molecule has 30 heavy (non-hydrogen) atoms. The number of esters is 1. The van der Waals surface area contributed by atoms with Gasteiger partial charge in [0.15, 0.2) is 6.10 Å². The normalized spacial score (nSPS) is 17.0. The van der Waals surface area contributed by atoms with Crippen molar-refractivity contribution in [3.63, 3.8) is 0 Å². The fraction of sp³-hybridized carbons (Fsp3) is 0.318. The Morgan fingerprint density at radius 3 is 2.67 bits per heavy atom. The van der Waals surface area contributed by atoms with Crippen molar-refractivity contribution >= 4 is 29.2 Å². The zero-order valence-corrected chi connectivity index (χ0v) is 16.9. The van der Waals surface area contributed by atoms with Gasteiger partial charge in [-0.2, -0.15) is 0 Å². The standard InChI is InChI=1S/C22H22F2N2O4/c1-12-5-4-6-19(13(12)2)26-11-15(9-20(26)27)22(29)30-14(3)21(28)25-18-10-16(23)7-8-17(18)24/h4-8,10,14-15H,9,11H2,1-3H3,(H,25,28)/t14-,15+/m1/s1. The summed E-state index contributed by atoms with van der Waals surface area (Å²) < 4.78 is 32.1. The van der Waals surface area contributed by atoms with Gasteiger partial charge in [0, 0.05) is 24.7 Å². The Bertz CT molecular complexity index is 1010. The van der Waals surface area contributed by atoms with E-state index in [1.54, 1.807) is 4.90 Å².